The lowest BCUT2D eigenvalue weighted by Gasteiger charge is -2.18. The molecule has 1 heterocycles. The third-order valence-electron chi connectivity index (χ3n) is 3.65. The van der Waals surface area contributed by atoms with Gasteiger partial charge < -0.3 is 14.8 Å². The van der Waals surface area contributed by atoms with Gasteiger partial charge in [-0.1, -0.05) is 6.92 Å². The number of fused-ring (bicyclic) bond motifs is 1. The van der Waals surface area contributed by atoms with E-state index in [1.165, 1.54) is 0 Å². The predicted octanol–water partition coefficient (Wildman–Crippen LogP) is 2.00. The maximum absolute atomic E-state index is 12.1. The van der Waals surface area contributed by atoms with Crippen LogP contribution in [0.5, 0.6) is 11.5 Å². The van der Waals surface area contributed by atoms with E-state index in [0.717, 1.165) is 23.5 Å². The smallest absolute Gasteiger partial charge is 0.250 e. The summed E-state index contributed by atoms with van der Waals surface area (Å²) < 4.78 is 10.8. The van der Waals surface area contributed by atoms with Crippen LogP contribution in [0.3, 0.4) is 0 Å². The first-order valence-corrected chi connectivity index (χ1v) is 6.49. The number of amides is 1. The van der Waals surface area contributed by atoms with Crippen LogP contribution in [-0.4, -0.2) is 25.7 Å². The van der Waals surface area contributed by atoms with E-state index in [0.29, 0.717) is 24.1 Å². The zero-order valence-corrected chi connectivity index (χ0v) is 11.1. The van der Waals surface area contributed by atoms with Gasteiger partial charge in [0.25, 0.3) is 5.91 Å². The van der Waals surface area contributed by atoms with Crippen molar-refractivity contribution < 1.29 is 14.3 Å². The molecule has 4 nitrogen and oxygen atoms in total. The molecule has 1 aromatic carbocycles. The van der Waals surface area contributed by atoms with E-state index in [9.17, 15) is 4.79 Å². The van der Waals surface area contributed by atoms with Crippen molar-refractivity contribution in [3.05, 3.63) is 29.3 Å². The lowest BCUT2D eigenvalue weighted by Crippen LogP contribution is -2.31. The van der Waals surface area contributed by atoms with Gasteiger partial charge in [0.2, 0.25) is 0 Å². The molecule has 2 unspecified atom stereocenters. The second kappa shape index (κ2) is 4.61. The van der Waals surface area contributed by atoms with Crippen LogP contribution in [0.2, 0.25) is 0 Å². The number of hydrogen-bond acceptors (Lipinski definition) is 3. The van der Waals surface area contributed by atoms with E-state index in [1.807, 2.05) is 24.3 Å². The molecule has 4 heteroatoms. The molecule has 1 amide bonds. The summed E-state index contributed by atoms with van der Waals surface area (Å²) in [6.07, 6.45) is 2.95. The van der Waals surface area contributed by atoms with Crippen LogP contribution in [0.25, 0.3) is 6.08 Å². The molecule has 1 N–H and O–H groups in total. The molecule has 1 aliphatic heterocycles. The van der Waals surface area contributed by atoms with Gasteiger partial charge in [-0.3, -0.25) is 4.79 Å². The standard InChI is InChI=1S/C15H17NO3/c1-9-5-13(9)16-15(17)11-6-10-7-12(18-2)3-4-14(10)19-8-11/h3-4,6-7,9,13H,5,8H2,1-2H3,(H,16,17). The van der Waals surface area contributed by atoms with Crippen LogP contribution in [0.4, 0.5) is 0 Å². The summed E-state index contributed by atoms with van der Waals surface area (Å²) in [5.74, 6) is 2.12. The molecule has 3 rings (SSSR count). The normalized spacial score (nSPS) is 23.8. The van der Waals surface area contributed by atoms with Crippen LogP contribution in [0.1, 0.15) is 18.9 Å². The summed E-state index contributed by atoms with van der Waals surface area (Å²) >= 11 is 0. The Morgan fingerprint density at radius 1 is 1.47 bits per heavy atom. The van der Waals surface area contributed by atoms with Gasteiger partial charge in [0.05, 0.1) is 12.7 Å². The van der Waals surface area contributed by atoms with Crippen LogP contribution < -0.4 is 14.8 Å². The molecule has 0 aromatic heterocycles. The maximum Gasteiger partial charge on any atom is 0.250 e. The highest BCUT2D eigenvalue weighted by Crippen LogP contribution is 2.32. The summed E-state index contributed by atoms with van der Waals surface area (Å²) in [4.78, 5) is 12.1. The summed E-state index contributed by atoms with van der Waals surface area (Å²) in [7, 11) is 1.62. The van der Waals surface area contributed by atoms with E-state index in [1.54, 1.807) is 7.11 Å². The minimum absolute atomic E-state index is 0.0252. The van der Waals surface area contributed by atoms with Gasteiger partial charge in [0.15, 0.2) is 0 Å². The SMILES string of the molecule is COc1ccc2c(c1)C=C(C(=O)NC1CC1C)CO2. The van der Waals surface area contributed by atoms with Crippen molar-refractivity contribution >= 4 is 12.0 Å². The molecule has 19 heavy (non-hydrogen) atoms. The lowest BCUT2D eigenvalue weighted by molar-refractivity contribution is -0.118. The van der Waals surface area contributed by atoms with Gasteiger partial charge in [-0.25, -0.2) is 0 Å². The molecular formula is C15H17NO3. The van der Waals surface area contributed by atoms with Crippen LogP contribution >= 0.6 is 0 Å². The zero-order valence-electron chi connectivity index (χ0n) is 11.1. The van der Waals surface area contributed by atoms with Crippen molar-refractivity contribution in [2.24, 2.45) is 5.92 Å². The Morgan fingerprint density at radius 3 is 2.95 bits per heavy atom. The first-order valence-electron chi connectivity index (χ1n) is 6.49. The second-order valence-corrected chi connectivity index (χ2v) is 5.15. The molecule has 2 aliphatic rings. The summed E-state index contributed by atoms with van der Waals surface area (Å²) in [6.45, 7) is 2.46. The monoisotopic (exact) mass is 259 g/mol. The van der Waals surface area contributed by atoms with Crippen LogP contribution in [0, 0.1) is 5.92 Å². The lowest BCUT2D eigenvalue weighted by atomic mass is 10.1. The third kappa shape index (κ3) is 2.43. The predicted molar refractivity (Wildman–Crippen MR) is 72.2 cm³/mol. The number of nitrogens with one attached hydrogen (secondary N) is 1. The zero-order chi connectivity index (χ0) is 13.4. The Kier molecular flexibility index (Phi) is 2.93. The molecule has 0 radical (unpaired) electrons. The van der Waals surface area contributed by atoms with Crippen molar-refractivity contribution in [1.82, 2.24) is 5.32 Å². The Morgan fingerprint density at radius 2 is 2.26 bits per heavy atom. The maximum atomic E-state index is 12.1. The fraction of sp³-hybridized carbons (Fsp3) is 0.400. The molecule has 0 spiro atoms. The van der Waals surface area contributed by atoms with Crippen molar-refractivity contribution in [3.8, 4) is 11.5 Å². The first-order chi connectivity index (χ1) is 9.17. The Hall–Kier alpha value is -1.97. The number of carbonyl (C=O) groups is 1. The molecule has 100 valence electrons. The van der Waals surface area contributed by atoms with Gasteiger partial charge in [-0.2, -0.15) is 0 Å². The first kappa shape index (κ1) is 12.1. The fourth-order valence-corrected chi connectivity index (χ4v) is 2.20. The fourth-order valence-electron chi connectivity index (χ4n) is 2.20. The van der Waals surface area contributed by atoms with Crippen molar-refractivity contribution in [3.63, 3.8) is 0 Å². The van der Waals surface area contributed by atoms with E-state index < -0.39 is 0 Å². The Labute approximate surface area is 112 Å². The Balaban J connectivity index is 1.79. The van der Waals surface area contributed by atoms with Crippen LogP contribution in [0.15, 0.2) is 23.8 Å². The summed E-state index contributed by atoms with van der Waals surface area (Å²) in [5, 5.41) is 3.01. The topological polar surface area (TPSA) is 47.6 Å². The van der Waals surface area contributed by atoms with Gasteiger partial charge in [0.1, 0.15) is 18.1 Å². The summed E-state index contributed by atoms with van der Waals surface area (Å²) in [5.41, 5.74) is 1.56. The van der Waals surface area contributed by atoms with Gasteiger partial charge in [0, 0.05) is 11.6 Å². The minimum atomic E-state index is -0.0252. The highest BCUT2D eigenvalue weighted by Gasteiger charge is 2.34. The number of carbonyl (C=O) groups excluding carboxylic acids is 1. The van der Waals surface area contributed by atoms with E-state index in [2.05, 4.69) is 12.2 Å². The Bertz CT molecular complexity index is 550. The van der Waals surface area contributed by atoms with E-state index >= 15 is 0 Å². The number of methoxy groups -OCH3 is 1. The van der Waals surface area contributed by atoms with Gasteiger partial charge >= 0.3 is 0 Å². The number of hydrogen-bond donors (Lipinski definition) is 1. The highest BCUT2D eigenvalue weighted by atomic mass is 16.5. The third-order valence-corrected chi connectivity index (χ3v) is 3.65. The average molecular weight is 259 g/mol. The number of benzene rings is 1. The molecule has 1 aromatic rings. The molecule has 2 atom stereocenters. The van der Waals surface area contributed by atoms with Gasteiger partial charge in [-0.15, -0.1) is 0 Å². The average Bonchev–Trinajstić information content (AvgIpc) is 3.12. The largest absolute Gasteiger partial charge is 0.497 e. The molecule has 0 bridgehead atoms. The quantitative estimate of drug-likeness (QED) is 0.903. The molecular weight excluding hydrogens is 242 g/mol. The van der Waals surface area contributed by atoms with Crippen LogP contribution in [-0.2, 0) is 4.79 Å². The number of ether oxygens (including phenoxy) is 2. The molecule has 0 saturated heterocycles. The molecule has 1 saturated carbocycles. The minimum Gasteiger partial charge on any atom is -0.497 e. The van der Waals surface area contributed by atoms with Crippen molar-refractivity contribution in [2.45, 2.75) is 19.4 Å². The number of rotatable bonds is 3. The highest BCUT2D eigenvalue weighted by molar-refractivity contribution is 5.99. The van der Waals surface area contributed by atoms with Gasteiger partial charge in [-0.05, 0) is 36.6 Å². The van der Waals surface area contributed by atoms with E-state index in [4.69, 9.17) is 9.47 Å². The summed E-state index contributed by atoms with van der Waals surface area (Å²) in [6, 6.07) is 5.92. The second-order valence-electron chi connectivity index (χ2n) is 5.15. The van der Waals surface area contributed by atoms with E-state index in [-0.39, 0.29) is 5.91 Å². The molecule has 1 fully saturated rings. The molecule has 1 aliphatic carbocycles. The van der Waals surface area contributed by atoms with Crippen molar-refractivity contribution in [2.75, 3.05) is 13.7 Å². The van der Waals surface area contributed by atoms with Crippen molar-refractivity contribution in [1.29, 1.82) is 0 Å².